The molecule has 0 spiro atoms. The maximum atomic E-state index is 6.55. The van der Waals surface area contributed by atoms with Crippen LogP contribution in [0.3, 0.4) is 0 Å². The van der Waals surface area contributed by atoms with E-state index >= 15 is 0 Å². The number of aliphatic imine (C=N–C) groups is 1. The maximum Gasteiger partial charge on any atom is 0.130 e. The number of allylic oxidation sites excluding steroid dienone is 3. The fraction of sp³-hybridized carbons (Fsp3) is 0. The Morgan fingerprint density at radius 1 is 1.60 bits per heavy atom. The molecule has 0 aromatic rings. The van der Waals surface area contributed by atoms with Crippen molar-refractivity contribution >= 4 is 39.0 Å². The molecule has 0 saturated heterocycles. The molecule has 0 aliphatic carbocycles. The topological polar surface area (TPSA) is 36.2 Å². The second kappa shape index (κ2) is 5.38. The summed E-state index contributed by atoms with van der Waals surface area (Å²) in [4.78, 5) is 3.47. The minimum atomic E-state index is 0.260. The SMILES string of the molecule is C=C(Br)/C=C/C(Cl)=NC=N. The standard InChI is InChI=1S/C6H6BrClN2/c1-5(7)2-3-6(8)10-4-9/h2-4,9H,1H2/b3-2+,9-4?,10-6?. The predicted molar refractivity (Wildman–Crippen MR) is 49.3 cm³/mol. The molecule has 0 heterocycles. The van der Waals surface area contributed by atoms with Gasteiger partial charge in [0.15, 0.2) is 0 Å². The van der Waals surface area contributed by atoms with Crippen LogP contribution in [0.2, 0.25) is 0 Å². The highest BCUT2D eigenvalue weighted by atomic mass is 79.9. The molecule has 0 atom stereocenters. The number of rotatable bonds is 3. The average molecular weight is 221 g/mol. The second-order valence-corrected chi connectivity index (χ2v) is 2.77. The van der Waals surface area contributed by atoms with Gasteiger partial charge in [-0.1, -0.05) is 34.1 Å². The molecular weight excluding hydrogens is 215 g/mol. The van der Waals surface area contributed by atoms with Gasteiger partial charge in [0.05, 0.1) is 0 Å². The van der Waals surface area contributed by atoms with Crippen molar-refractivity contribution in [1.82, 2.24) is 0 Å². The Kier molecular flexibility index (Phi) is 5.16. The van der Waals surface area contributed by atoms with Crippen LogP contribution >= 0.6 is 27.5 Å². The number of nitrogens with one attached hydrogen (secondary N) is 1. The normalized spacial score (nSPS) is 12.0. The Morgan fingerprint density at radius 2 is 2.20 bits per heavy atom. The molecule has 0 aliphatic rings. The average Bonchev–Trinajstić information content (AvgIpc) is 1.85. The Morgan fingerprint density at radius 3 is 2.60 bits per heavy atom. The lowest BCUT2D eigenvalue weighted by molar-refractivity contribution is 1.52. The molecule has 0 aromatic carbocycles. The van der Waals surface area contributed by atoms with Crippen LogP contribution in [0, 0.1) is 5.41 Å². The maximum absolute atomic E-state index is 6.55. The molecule has 0 radical (unpaired) electrons. The summed E-state index contributed by atoms with van der Waals surface area (Å²) >= 11 is 8.58. The van der Waals surface area contributed by atoms with Crippen molar-refractivity contribution in [1.29, 1.82) is 5.41 Å². The number of hydrogen-bond acceptors (Lipinski definition) is 1. The molecule has 54 valence electrons. The van der Waals surface area contributed by atoms with Gasteiger partial charge in [0, 0.05) is 4.48 Å². The van der Waals surface area contributed by atoms with Crippen molar-refractivity contribution in [2.45, 2.75) is 0 Å². The van der Waals surface area contributed by atoms with E-state index in [0.717, 1.165) is 6.34 Å². The zero-order valence-electron chi connectivity index (χ0n) is 5.14. The van der Waals surface area contributed by atoms with E-state index in [-0.39, 0.29) is 5.17 Å². The summed E-state index contributed by atoms with van der Waals surface area (Å²) in [6.07, 6.45) is 4.07. The predicted octanol–water partition coefficient (Wildman–Crippen LogP) is 2.70. The molecule has 4 heteroatoms. The summed E-state index contributed by atoms with van der Waals surface area (Å²) in [6.45, 7) is 3.55. The third kappa shape index (κ3) is 5.72. The lowest BCUT2D eigenvalue weighted by Crippen LogP contribution is -1.78. The summed E-state index contributed by atoms with van der Waals surface area (Å²) in [6, 6.07) is 0. The van der Waals surface area contributed by atoms with Gasteiger partial charge in [-0.25, -0.2) is 4.99 Å². The van der Waals surface area contributed by atoms with Crippen molar-refractivity contribution in [2.75, 3.05) is 0 Å². The zero-order valence-corrected chi connectivity index (χ0v) is 7.48. The largest absolute Gasteiger partial charge is 0.289 e. The van der Waals surface area contributed by atoms with E-state index < -0.39 is 0 Å². The Bertz CT molecular complexity index is 196. The molecule has 0 bridgehead atoms. The molecule has 0 rings (SSSR count). The van der Waals surface area contributed by atoms with Gasteiger partial charge in [-0.3, -0.25) is 5.41 Å². The van der Waals surface area contributed by atoms with Crippen LogP contribution in [0.25, 0.3) is 0 Å². The van der Waals surface area contributed by atoms with E-state index in [4.69, 9.17) is 17.0 Å². The first-order valence-electron chi connectivity index (χ1n) is 2.41. The van der Waals surface area contributed by atoms with E-state index in [0.29, 0.717) is 4.48 Å². The first kappa shape index (κ1) is 9.59. The van der Waals surface area contributed by atoms with E-state index in [1.165, 1.54) is 0 Å². The van der Waals surface area contributed by atoms with Crippen molar-refractivity contribution in [3.63, 3.8) is 0 Å². The van der Waals surface area contributed by atoms with Crippen molar-refractivity contribution in [3.8, 4) is 0 Å². The molecule has 0 saturated carbocycles. The van der Waals surface area contributed by atoms with Crippen molar-refractivity contribution in [3.05, 3.63) is 23.2 Å². The van der Waals surface area contributed by atoms with Crippen molar-refractivity contribution in [2.24, 2.45) is 4.99 Å². The quantitative estimate of drug-likeness (QED) is 0.432. The second-order valence-electron chi connectivity index (χ2n) is 1.36. The molecule has 0 aromatic heterocycles. The van der Waals surface area contributed by atoms with Gasteiger partial charge in [-0.15, -0.1) is 0 Å². The smallest absolute Gasteiger partial charge is 0.130 e. The molecular formula is C6H6BrClN2. The Labute approximate surface area is 72.9 Å². The van der Waals surface area contributed by atoms with E-state index in [9.17, 15) is 0 Å². The summed E-state index contributed by atoms with van der Waals surface area (Å²) in [7, 11) is 0. The molecule has 0 fully saturated rings. The lowest BCUT2D eigenvalue weighted by Gasteiger charge is -1.82. The molecule has 1 N–H and O–H groups in total. The van der Waals surface area contributed by atoms with Crippen LogP contribution in [-0.4, -0.2) is 11.5 Å². The van der Waals surface area contributed by atoms with Gasteiger partial charge in [-0.05, 0) is 12.2 Å². The summed E-state index contributed by atoms with van der Waals surface area (Å²) in [5, 5.41) is 6.81. The van der Waals surface area contributed by atoms with E-state index in [2.05, 4.69) is 27.5 Å². The highest BCUT2D eigenvalue weighted by Crippen LogP contribution is 2.02. The fourth-order valence-electron chi connectivity index (χ4n) is 0.264. The Hall–Kier alpha value is -0.410. The minimum absolute atomic E-state index is 0.260. The lowest BCUT2D eigenvalue weighted by atomic mass is 10.5. The number of halogens is 2. The van der Waals surface area contributed by atoms with Crippen LogP contribution in [-0.2, 0) is 0 Å². The summed E-state index contributed by atoms with van der Waals surface area (Å²) < 4.78 is 0.714. The molecule has 0 aliphatic heterocycles. The highest BCUT2D eigenvalue weighted by Gasteiger charge is 1.82. The van der Waals surface area contributed by atoms with Crippen LogP contribution in [0.5, 0.6) is 0 Å². The first-order valence-corrected chi connectivity index (χ1v) is 3.58. The van der Waals surface area contributed by atoms with E-state index in [1.54, 1.807) is 12.2 Å². The molecule has 2 nitrogen and oxygen atoms in total. The van der Waals surface area contributed by atoms with Crippen LogP contribution in [0.15, 0.2) is 28.2 Å². The number of hydrogen-bond donors (Lipinski definition) is 1. The fourth-order valence-corrected chi connectivity index (χ4v) is 0.508. The third-order valence-corrected chi connectivity index (χ3v) is 1.08. The first-order chi connectivity index (χ1) is 4.66. The minimum Gasteiger partial charge on any atom is -0.289 e. The molecule has 0 amide bonds. The van der Waals surface area contributed by atoms with Gasteiger partial charge in [0.2, 0.25) is 0 Å². The van der Waals surface area contributed by atoms with Crippen LogP contribution in [0.4, 0.5) is 0 Å². The summed E-state index contributed by atoms with van der Waals surface area (Å²) in [5.41, 5.74) is 0. The number of nitrogens with zero attached hydrogens (tertiary/aromatic N) is 1. The van der Waals surface area contributed by atoms with Gasteiger partial charge in [0.1, 0.15) is 11.5 Å². The van der Waals surface area contributed by atoms with Gasteiger partial charge in [0.25, 0.3) is 0 Å². The molecule has 0 unspecified atom stereocenters. The van der Waals surface area contributed by atoms with Crippen LogP contribution in [0.1, 0.15) is 0 Å². The van der Waals surface area contributed by atoms with Gasteiger partial charge < -0.3 is 0 Å². The van der Waals surface area contributed by atoms with E-state index in [1.807, 2.05) is 0 Å². The van der Waals surface area contributed by atoms with Gasteiger partial charge >= 0.3 is 0 Å². The van der Waals surface area contributed by atoms with Gasteiger partial charge in [-0.2, -0.15) is 0 Å². The van der Waals surface area contributed by atoms with Crippen molar-refractivity contribution < 1.29 is 0 Å². The highest BCUT2D eigenvalue weighted by molar-refractivity contribution is 9.11. The van der Waals surface area contributed by atoms with Crippen LogP contribution < -0.4 is 0 Å². The molecule has 10 heavy (non-hydrogen) atoms. The third-order valence-electron chi connectivity index (χ3n) is 0.590. The monoisotopic (exact) mass is 220 g/mol. The Balaban J connectivity index is 4.01. The zero-order chi connectivity index (χ0) is 7.98. The summed E-state index contributed by atoms with van der Waals surface area (Å²) in [5.74, 6) is 0.